The lowest BCUT2D eigenvalue weighted by atomic mass is 9.96. The molecule has 0 aromatic heterocycles. The smallest absolute Gasteiger partial charge is 0.320 e. The fraction of sp³-hybridized carbons (Fsp3) is 0.529. The quantitative estimate of drug-likeness (QED) is 0.772. The number of carbonyl (C=O) groups is 2. The predicted octanol–water partition coefficient (Wildman–Crippen LogP) is 2.90. The van der Waals surface area contributed by atoms with Gasteiger partial charge in [0.1, 0.15) is 17.1 Å². The number of hydrogen-bond acceptors (Lipinski definition) is 3. The van der Waals surface area contributed by atoms with Gasteiger partial charge in [0.25, 0.3) is 0 Å². The predicted molar refractivity (Wildman–Crippen MR) is 91.7 cm³/mol. The van der Waals surface area contributed by atoms with Crippen LogP contribution in [0.1, 0.15) is 34.6 Å². The second-order valence-corrected chi connectivity index (χ2v) is 7.29. The fourth-order valence-corrected chi connectivity index (χ4v) is 1.79. The van der Waals surface area contributed by atoms with Crippen molar-refractivity contribution in [3.8, 4) is 5.75 Å². The third-order valence-corrected chi connectivity index (χ3v) is 3.19. The molecule has 0 unspecified atom stereocenters. The normalized spacial score (nSPS) is 11.6. The van der Waals surface area contributed by atoms with Crippen LogP contribution in [-0.4, -0.2) is 31.1 Å². The molecule has 0 atom stereocenters. The summed E-state index contributed by atoms with van der Waals surface area (Å²) in [5, 5.41) is 7.71. The van der Waals surface area contributed by atoms with Crippen LogP contribution in [0.15, 0.2) is 18.2 Å². The Morgan fingerprint density at radius 3 is 2.33 bits per heavy atom. The first-order valence-electron chi connectivity index (χ1n) is 7.65. The van der Waals surface area contributed by atoms with E-state index in [1.807, 2.05) is 20.8 Å². The lowest BCUT2D eigenvalue weighted by Crippen LogP contribution is -2.56. The van der Waals surface area contributed by atoms with Gasteiger partial charge in [-0.2, -0.15) is 0 Å². The number of anilines is 1. The minimum absolute atomic E-state index is 0.0299. The summed E-state index contributed by atoms with van der Waals surface area (Å²) in [4.78, 5) is 24.3. The topological polar surface area (TPSA) is 79.5 Å². The van der Waals surface area contributed by atoms with Gasteiger partial charge in [-0.1, -0.05) is 20.8 Å². The largest absolute Gasteiger partial charge is 0.497 e. The van der Waals surface area contributed by atoms with Crippen LogP contribution in [0.3, 0.4) is 0 Å². The molecule has 6 nitrogen and oxygen atoms in total. The monoisotopic (exact) mass is 339 g/mol. The molecule has 0 saturated heterocycles. The van der Waals surface area contributed by atoms with Crippen LogP contribution in [0.25, 0.3) is 0 Å². The van der Waals surface area contributed by atoms with Crippen LogP contribution >= 0.6 is 0 Å². The summed E-state index contributed by atoms with van der Waals surface area (Å²) in [7, 11) is 1.44. The Morgan fingerprint density at radius 1 is 1.17 bits per heavy atom. The van der Waals surface area contributed by atoms with E-state index in [0.717, 1.165) is 0 Å². The van der Waals surface area contributed by atoms with E-state index in [9.17, 15) is 14.0 Å². The number of rotatable bonds is 5. The van der Waals surface area contributed by atoms with Gasteiger partial charge in [-0.3, -0.25) is 4.79 Å². The molecule has 134 valence electrons. The lowest BCUT2D eigenvalue weighted by Gasteiger charge is -2.27. The van der Waals surface area contributed by atoms with Crippen molar-refractivity contribution in [2.24, 2.45) is 5.41 Å². The molecule has 0 heterocycles. The van der Waals surface area contributed by atoms with E-state index in [1.54, 1.807) is 13.8 Å². The van der Waals surface area contributed by atoms with Gasteiger partial charge in [0.2, 0.25) is 5.91 Å². The number of halogens is 1. The zero-order chi connectivity index (χ0) is 18.5. The third-order valence-electron chi connectivity index (χ3n) is 3.19. The Morgan fingerprint density at radius 2 is 1.79 bits per heavy atom. The molecule has 1 aromatic carbocycles. The molecule has 3 amide bonds. The Hall–Kier alpha value is -2.31. The van der Waals surface area contributed by atoms with E-state index in [4.69, 9.17) is 4.74 Å². The van der Waals surface area contributed by atoms with E-state index in [1.165, 1.54) is 25.3 Å². The van der Waals surface area contributed by atoms with E-state index in [-0.39, 0.29) is 17.0 Å². The minimum atomic E-state index is -1.15. The van der Waals surface area contributed by atoms with E-state index >= 15 is 0 Å². The maximum absolute atomic E-state index is 13.7. The number of methoxy groups -OCH3 is 1. The van der Waals surface area contributed by atoms with Crippen LogP contribution < -0.4 is 20.7 Å². The molecule has 0 saturated carbocycles. The summed E-state index contributed by atoms with van der Waals surface area (Å²) in [6.45, 7) is 9.60. The summed E-state index contributed by atoms with van der Waals surface area (Å²) in [6.07, 6.45) is 0. The molecule has 0 radical (unpaired) electrons. The molecule has 7 heteroatoms. The van der Waals surface area contributed by atoms with Gasteiger partial charge in [-0.05, 0) is 31.4 Å². The SMILES string of the molecule is COc1ccc(F)c(NC(=O)NC(C)(C)C(=O)NCC(C)(C)C)c1. The van der Waals surface area contributed by atoms with E-state index in [0.29, 0.717) is 12.3 Å². The summed E-state index contributed by atoms with van der Waals surface area (Å²) in [6, 6.07) is 3.32. The molecule has 0 aliphatic carbocycles. The highest BCUT2D eigenvalue weighted by atomic mass is 19.1. The zero-order valence-corrected chi connectivity index (χ0v) is 15.0. The molecule has 0 aliphatic heterocycles. The Kier molecular flexibility index (Phi) is 6.17. The average Bonchev–Trinajstić information content (AvgIpc) is 2.45. The number of amides is 3. The van der Waals surface area contributed by atoms with Crippen molar-refractivity contribution >= 4 is 17.6 Å². The van der Waals surface area contributed by atoms with Gasteiger partial charge >= 0.3 is 6.03 Å². The van der Waals surface area contributed by atoms with Crippen LogP contribution in [0.5, 0.6) is 5.75 Å². The van der Waals surface area contributed by atoms with Gasteiger partial charge in [-0.15, -0.1) is 0 Å². The Bertz CT molecular complexity index is 610. The van der Waals surface area contributed by atoms with Crippen molar-refractivity contribution in [1.82, 2.24) is 10.6 Å². The molecular weight excluding hydrogens is 313 g/mol. The Labute approximate surface area is 142 Å². The fourth-order valence-electron chi connectivity index (χ4n) is 1.79. The van der Waals surface area contributed by atoms with Crippen molar-refractivity contribution in [3.63, 3.8) is 0 Å². The van der Waals surface area contributed by atoms with Gasteiger partial charge < -0.3 is 20.7 Å². The van der Waals surface area contributed by atoms with Crippen molar-refractivity contribution in [1.29, 1.82) is 0 Å². The number of benzene rings is 1. The summed E-state index contributed by atoms with van der Waals surface area (Å²) >= 11 is 0. The highest BCUT2D eigenvalue weighted by molar-refractivity contribution is 5.95. The van der Waals surface area contributed by atoms with Crippen LogP contribution in [0, 0.1) is 11.2 Å². The summed E-state index contributed by atoms with van der Waals surface area (Å²) in [5.74, 6) is -0.506. The van der Waals surface area contributed by atoms with Crippen molar-refractivity contribution in [2.45, 2.75) is 40.2 Å². The molecule has 0 aliphatic rings. The maximum Gasteiger partial charge on any atom is 0.320 e. The first-order valence-corrected chi connectivity index (χ1v) is 7.65. The van der Waals surface area contributed by atoms with Crippen LogP contribution in [-0.2, 0) is 4.79 Å². The van der Waals surface area contributed by atoms with Crippen molar-refractivity contribution in [3.05, 3.63) is 24.0 Å². The highest BCUT2D eigenvalue weighted by Gasteiger charge is 2.30. The maximum atomic E-state index is 13.7. The van der Waals surface area contributed by atoms with Gasteiger partial charge in [0, 0.05) is 12.6 Å². The van der Waals surface area contributed by atoms with Crippen molar-refractivity contribution in [2.75, 3.05) is 19.0 Å². The van der Waals surface area contributed by atoms with Crippen LogP contribution in [0.4, 0.5) is 14.9 Å². The van der Waals surface area contributed by atoms with Crippen molar-refractivity contribution < 1.29 is 18.7 Å². The molecule has 0 bridgehead atoms. The van der Waals surface area contributed by atoms with Gasteiger partial charge in [0.15, 0.2) is 0 Å². The number of nitrogens with one attached hydrogen (secondary N) is 3. The first-order chi connectivity index (χ1) is 10.9. The number of ether oxygens (including phenoxy) is 1. The number of hydrogen-bond donors (Lipinski definition) is 3. The molecule has 0 spiro atoms. The first kappa shape index (κ1) is 19.7. The number of carbonyl (C=O) groups excluding carboxylic acids is 2. The second-order valence-electron chi connectivity index (χ2n) is 7.29. The van der Waals surface area contributed by atoms with E-state index in [2.05, 4.69) is 16.0 Å². The summed E-state index contributed by atoms with van der Waals surface area (Å²) < 4.78 is 18.7. The van der Waals surface area contributed by atoms with Gasteiger partial charge in [-0.25, -0.2) is 9.18 Å². The molecule has 1 rings (SSSR count). The van der Waals surface area contributed by atoms with E-state index < -0.39 is 17.4 Å². The lowest BCUT2D eigenvalue weighted by molar-refractivity contribution is -0.126. The minimum Gasteiger partial charge on any atom is -0.497 e. The molecule has 3 N–H and O–H groups in total. The molecule has 24 heavy (non-hydrogen) atoms. The van der Waals surface area contributed by atoms with Crippen LogP contribution in [0.2, 0.25) is 0 Å². The highest BCUT2D eigenvalue weighted by Crippen LogP contribution is 2.21. The molecular formula is C17H26FN3O3. The third kappa shape index (κ3) is 6.06. The average molecular weight is 339 g/mol. The Balaban J connectivity index is 2.70. The molecule has 0 fully saturated rings. The number of urea groups is 1. The zero-order valence-electron chi connectivity index (χ0n) is 15.0. The standard InChI is InChI=1S/C17H26FN3O3/c1-16(2,3)10-19-14(22)17(4,5)21-15(23)20-13-9-11(24-6)7-8-12(13)18/h7-9H,10H2,1-6H3,(H,19,22)(H2,20,21,23). The van der Waals surface area contributed by atoms with Gasteiger partial charge in [0.05, 0.1) is 12.8 Å². The second kappa shape index (κ2) is 7.51. The molecule has 1 aromatic rings. The summed E-state index contributed by atoms with van der Waals surface area (Å²) in [5.41, 5.74) is -1.25.